The van der Waals surface area contributed by atoms with Gasteiger partial charge in [0.1, 0.15) is 11.7 Å². The Bertz CT molecular complexity index is 692. The molecule has 23 heavy (non-hydrogen) atoms. The van der Waals surface area contributed by atoms with Crippen molar-refractivity contribution in [2.45, 2.75) is 25.2 Å². The number of hydrogen-bond donors (Lipinski definition) is 0. The third-order valence-corrected chi connectivity index (χ3v) is 5.72. The fourth-order valence-electron chi connectivity index (χ4n) is 4.88. The van der Waals surface area contributed by atoms with Gasteiger partial charge in [-0.2, -0.15) is 0 Å². The van der Waals surface area contributed by atoms with Crippen LogP contribution in [-0.4, -0.2) is 17.5 Å². The van der Waals surface area contributed by atoms with Gasteiger partial charge in [-0.25, -0.2) is 4.79 Å². The molecule has 0 aromatic heterocycles. The molecule has 3 saturated carbocycles. The highest BCUT2D eigenvalue weighted by molar-refractivity contribution is 6.16. The first-order chi connectivity index (χ1) is 11.1. The second-order valence-electron chi connectivity index (χ2n) is 6.82. The van der Waals surface area contributed by atoms with E-state index in [9.17, 15) is 14.4 Å². The Kier molecular flexibility index (Phi) is 3.22. The van der Waals surface area contributed by atoms with Crippen molar-refractivity contribution < 1.29 is 19.1 Å². The zero-order valence-electron chi connectivity index (χ0n) is 12.7. The van der Waals surface area contributed by atoms with Gasteiger partial charge in [-0.3, -0.25) is 9.59 Å². The lowest BCUT2D eigenvalue weighted by Gasteiger charge is -2.21. The van der Waals surface area contributed by atoms with E-state index in [-0.39, 0.29) is 23.4 Å². The predicted octanol–water partition coefficient (Wildman–Crippen LogP) is 2.68. The van der Waals surface area contributed by atoms with Crippen LogP contribution in [-0.2, 0) is 14.4 Å². The average Bonchev–Trinajstić information content (AvgIpc) is 3.21. The fourth-order valence-corrected chi connectivity index (χ4v) is 4.88. The third kappa shape index (κ3) is 2.08. The standard InChI is InChI=1S/C19H18O4/c1-2-14(20)23-13-5-3-4-10(9-13)17-18(21)15-11-6-7-12(8-11)16(15)19(17)22/h2-5,9,11-12,15-17H,1,6-8H2. The zero-order chi connectivity index (χ0) is 16.1. The Balaban J connectivity index is 1.65. The van der Waals surface area contributed by atoms with Crippen molar-refractivity contribution in [3.05, 3.63) is 42.5 Å². The maximum absolute atomic E-state index is 12.8. The summed E-state index contributed by atoms with van der Waals surface area (Å²) in [5.74, 6) is -0.124. The van der Waals surface area contributed by atoms with Crippen molar-refractivity contribution in [1.29, 1.82) is 0 Å². The second kappa shape index (κ2) is 5.15. The molecule has 3 aliphatic carbocycles. The molecule has 118 valence electrons. The van der Waals surface area contributed by atoms with Crippen LogP contribution >= 0.6 is 0 Å². The van der Waals surface area contributed by atoms with Gasteiger partial charge in [-0.15, -0.1) is 0 Å². The minimum absolute atomic E-state index is 0.0689. The summed E-state index contributed by atoms with van der Waals surface area (Å²) in [5.41, 5.74) is 0.642. The van der Waals surface area contributed by atoms with E-state index >= 15 is 0 Å². The molecule has 3 aliphatic rings. The number of carbonyl (C=O) groups excluding carboxylic acids is 3. The molecule has 4 heteroatoms. The fraction of sp³-hybridized carbons (Fsp3) is 0.421. The number of Topliss-reactive ketones (excluding diaryl/α,β-unsaturated/α-hetero) is 2. The van der Waals surface area contributed by atoms with E-state index < -0.39 is 11.9 Å². The van der Waals surface area contributed by atoms with Crippen LogP contribution in [0.15, 0.2) is 36.9 Å². The molecule has 0 N–H and O–H groups in total. The molecule has 1 aromatic carbocycles. The van der Waals surface area contributed by atoms with Crippen molar-refractivity contribution in [3.63, 3.8) is 0 Å². The SMILES string of the molecule is C=CC(=O)Oc1cccc(C2C(=O)C3C4CCC(C4)C3C2=O)c1. The van der Waals surface area contributed by atoms with Crippen molar-refractivity contribution in [3.8, 4) is 5.75 Å². The number of benzene rings is 1. The summed E-state index contributed by atoms with van der Waals surface area (Å²) in [7, 11) is 0. The van der Waals surface area contributed by atoms with Crippen LogP contribution in [0.3, 0.4) is 0 Å². The van der Waals surface area contributed by atoms with Gasteiger partial charge in [-0.05, 0) is 48.8 Å². The van der Waals surface area contributed by atoms with E-state index in [0.29, 0.717) is 23.1 Å². The smallest absolute Gasteiger partial charge is 0.335 e. The van der Waals surface area contributed by atoms with Crippen LogP contribution in [0.4, 0.5) is 0 Å². The third-order valence-electron chi connectivity index (χ3n) is 5.72. The Morgan fingerprint density at radius 1 is 1.13 bits per heavy atom. The maximum Gasteiger partial charge on any atom is 0.335 e. The van der Waals surface area contributed by atoms with Gasteiger partial charge in [-0.1, -0.05) is 18.7 Å². The minimum Gasteiger partial charge on any atom is -0.423 e. The number of rotatable bonds is 3. The monoisotopic (exact) mass is 310 g/mol. The topological polar surface area (TPSA) is 60.4 Å². The Labute approximate surface area is 134 Å². The lowest BCUT2D eigenvalue weighted by Crippen LogP contribution is -2.24. The molecule has 2 bridgehead atoms. The first-order valence-corrected chi connectivity index (χ1v) is 8.12. The van der Waals surface area contributed by atoms with Crippen LogP contribution in [0.25, 0.3) is 0 Å². The predicted molar refractivity (Wildman–Crippen MR) is 82.8 cm³/mol. The minimum atomic E-state index is -0.684. The molecule has 4 unspecified atom stereocenters. The number of hydrogen-bond acceptors (Lipinski definition) is 4. The Morgan fingerprint density at radius 3 is 2.39 bits per heavy atom. The quantitative estimate of drug-likeness (QED) is 0.373. The van der Waals surface area contributed by atoms with E-state index in [2.05, 4.69) is 6.58 Å². The number of carbonyl (C=O) groups is 3. The van der Waals surface area contributed by atoms with Crippen LogP contribution in [0.1, 0.15) is 30.7 Å². The molecule has 3 fully saturated rings. The molecule has 4 rings (SSSR count). The molecule has 0 amide bonds. The number of ether oxygens (including phenoxy) is 1. The van der Waals surface area contributed by atoms with E-state index in [1.165, 1.54) is 0 Å². The van der Waals surface area contributed by atoms with Gasteiger partial charge in [0, 0.05) is 17.9 Å². The van der Waals surface area contributed by atoms with Crippen molar-refractivity contribution >= 4 is 17.5 Å². The van der Waals surface area contributed by atoms with Gasteiger partial charge in [0.2, 0.25) is 0 Å². The largest absolute Gasteiger partial charge is 0.423 e. The molecule has 0 radical (unpaired) electrons. The average molecular weight is 310 g/mol. The van der Waals surface area contributed by atoms with Crippen LogP contribution in [0.2, 0.25) is 0 Å². The molecular formula is C19H18O4. The first-order valence-electron chi connectivity index (χ1n) is 8.12. The highest BCUT2D eigenvalue weighted by Crippen LogP contribution is 2.58. The molecule has 0 heterocycles. The molecule has 4 atom stereocenters. The van der Waals surface area contributed by atoms with Crippen molar-refractivity contribution in [2.24, 2.45) is 23.7 Å². The van der Waals surface area contributed by atoms with Gasteiger partial charge < -0.3 is 4.74 Å². The molecular weight excluding hydrogens is 292 g/mol. The molecule has 0 saturated heterocycles. The van der Waals surface area contributed by atoms with Gasteiger partial charge in [0.15, 0.2) is 11.6 Å². The number of ketones is 2. The van der Waals surface area contributed by atoms with Gasteiger partial charge >= 0.3 is 5.97 Å². The van der Waals surface area contributed by atoms with E-state index in [1.54, 1.807) is 24.3 Å². The summed E-state index contributed by atoms with van der Waals surface area (Å²) < 4.78 is 5.10. The number of fused-ring (bicyclic) bond motifs is 5. The maximum atomic E-state index is 12.8. The lowest BCUT2D eigenvalue weighted by molar-refractivity contribution is -0.129. The second-order valence-corrected chi connectivity index (χ2v) is 6.82. The van der Waals surface area contributed by atoms with Gasteiger partial charge in [0.05, 0.1) is 0 Å². The summed E-state index contributed by atoms with van der Waals surface area (Å²) in [6, 6.07) is 6.75. The molecule has 0 aliphatic heterocycles. The van der Waals surface area contributed by atoms with E-state index in [4.69, 9.17) is 4.74 Å². The summed E-state index contributed by atoms with van der Waals surface area (Å²) >= 11 is 0. The summed E-state index contributed by atoms with van der Waals surface area (Å²) in [6.07, 6.45) is 4.28. The molecule has 0 spiro atoms. The van der Waals surface area contributed by atoms with Crippen LogP contribution < -0.4 is 4.74 Å². The van der Waals surface area contributed by atoms with Crippen molar-refractivity contribution in [2.75, 3.05) is 0 Å². The summed E-state index contributed by atoms with van der Waals surface area (Å²) in [5, 5.41) is 0. The van der Waals surface area contributed by atoms with Gasteiger partial charge in [0.25, 0.3) is 0 Å². The van der Waals surface area contributed by atoms with E-state index in [1.807, 2.05) is 0 Å². The van der Waals surface area contributed by atoms with Crippen LogP contribution in [0, 0.1) is 23.7 Å². The lowest BCUT2D eigenvalue weighted by atomic mass is 9.81. The summed E-state index contributed by atoms with van der Waals surface area (Å²) in [4.78, 5) is 37.0. The normalized spacial score (nSPS) is 34.5. The highest BCUT2D eigenvalue weighted by atomic mass is 16.5. The molecule has 4 nitrogen and oxygen atoms in total. The van der Waals surface area contributed by atoms with Crippen molar-refractivity contribution in [1.82, 2.24) is 0 Å². The molecule has 1 aromatic rings. The zero-order valence-corrected chi connectivity index (χ0v) is 12.7. The Hall–Kier alpha value is -2.23. The first kappa shape index (κ1) is 14.4. The Morgan fingerprint density at radius 2 is 1.78 bits per heavy atom. The van der Waals surface area contributed by atoms with E-state index in [0.717, 1.165) is 25.3 Å². The highest BCUT2D eigenvalue weighted by Gasteiger charge is 2.61. The van der Waals surface area contributed by atoms with Crippen LogP contribution in [0.5, 0.6) is 5.75 Å². The number of esters is 1. The summed E-state index contributed by atoms with van der Waals surface area (Å²) in [6.45, 7) is 3.36.